The summed E-state index contributed by atoms with van der Waals surface area (Å²) in [6, 6.07) is 5.84. The van der Waals surface area contributed by atoms with Crippen molar-refractivity contribution in [3.05, 3.63) is 29.8 Å². The average Bonchev–Trinajstić information content (AvgIpc) is 2.61. The van der Waals surface area contributed by atoms with Crippen molar-refractivity contribution in [1.82, 2.24) is 10.6 Å². The van der Waals surface area contributed by atoms with E-state index in [2.05, 4.69) is 10.6 Å². The number of rotatable bonds is 6. The fourth-order valence-corrected chi connectivity index (χ4v) is 3.10. The Hall–Kier alpha value is -2.08. The number of carbonyl (C=O) groups excluding carboxylic acids is 2. The maximum Gasteiger partial charge on any atom is 0.252 e. The van der Waals surface area contributed by atoms with E-state index in [0.717, 1.165) is 25.7 Å². The zero-order chi connectivity index (χ0) is 18.1. The summed E-state index contributed by atoms with van der Waals surface area (Å²) < 4.78 is 5.10. The van der Waals surface area contributed by atoms with E-state index in [-0.39, 0.29) is 11.9 Å². The van der Waals surface area contributed by atoms with Crippen LogP contribution in [0.4, 0.5) is 0 Å². The van der Waals surface area contributed by atoms with Gasteiger partial charge in [0, 0.05) is 11.6 Å². The smallest absolute Gasteiger partial charge is 0.252 e. The molecular formula is C19H28N2O4. The maximum atomic E-state index is 12.4. The van der Waals surface area contributed by atoms with Crippen LogP contribution in [0.2, 0.25) is 0 Å². The second-order valence-electron chi connectivity index (χ2n) is 6.49. The van der Waals surface area contributed by atoms with Crippen LogP contribution in [0.5, 0.6) is 5.75 Å². The molecule has 0 aliphatic heterocycles. The van der Waals surface area contributed by atoms with Gasteiger partial charge >= 0.3 is 0 Å². The highest BCUT2D eigenvalue weighted by molar-refractivity contribution is 5.97. The van der Waals surface area contributed by atoms with E-state index in [1.165, 1.54) is 26.4 Å². The quantitative estimate of drug-likeness (QED) is 0.734. The van der Waals surface area contributed by atoms with Gasteiger partial charge in [-0.25, -0.2) is 0 Å². The number of aliphatic hydroxyl groups is 1. The summed E-state index contributed by atoms with van der Waals surface area (Å²) in [6.45, 7) is -0.436. The van der Waals surface area contributed by atoms with Gasteiger partial charge in [0.2, 0.25) is 5.91 Å². The zero-order valence-corrected chi connectivity index (χ0v) is 14.8. The average molecular weight is 348 g/mol. The highest BCUT2D eigenvalue weighted by atomic mass is 16.5. The Balaban J connectivity index is 1.93. The van der Waals surface area contributed by atoms with Crippen molar-refractivity contribution >= 4 is 11.8 Å². The van der Waals surface area contributed by atoms with E-state index in [1.807, 2.05) is 0 Å². The van der Waals surface area contributed by atoms with Crippen LogP contribution in [0.3, 0.4) is 0 Å². The van der Waals surface area contributed by atoms with Crippen LogP contribution in [0, 0.1) is 0 Å². The number of ether oxygens (including phenoxy) is 1. The Morgan fingerprint density at radius 3 is 2.52 bits per heavy atom. The second kappa shape index (κ2) is 10.0. The summed E-state index contributed by atoms with van der Waals surface area (Å²) in [4.78, 5) is 24.7. The summed E-state index contributed by atoms with van der Waals surface area (Å²) in [5.74, 6) is -0.178. The van der Waals surface area contributed by atoms with E-state index in [4.69, 9.17) is 4.74 Å². The van der Waals surface area contributed by atoms with E-state index in [9.17, 15) is 14.7 Å². The fourth-order valence-electron chi connectivity index (χ4n) is 3.10. The van der Waals surface area contributed by atoms with Crippen molar-refractivity contribution in [3.63, 3.8) is 0 Å². The third kappa shape index (κ3) is 6.05. The molecule has 0 unspecified atom stereocenters. The highest BCUT2D eigenvalue weighted by Gasteiger charge is 2.23. The normalized spacial score (nSPS) is 17.0. The molecule has 0 bridgehead atoms. The van der Waals surface area contributed by atoms with Crippen molar-refractivity contribution in [2.45, 2.75) is 57.0 Å². The van der Waals surface area contributed by atoms with Gasteiger partial charge in [-0.3, -0.25) is 9.59 Å². The molecule has 6 nitrogen and oxygen atoms in total. The van der Waals surface area contributed by atoms with Crippen LogP contribution in [-0.2, 0) is 4.79 Å². The first-order valence-corrected chi connectivity index (χ1v) is 9.00. The first-order valence-electron chi connectivity index (χ1n) is 9.00. The lowest BCUT2D eigenvalue weighted by Gasteiger charge is -2.24. The lowest BCUT2D eigenvalue weighted by Crippen LogP contribution is -2.51. The minimum absolute atomic E-state index is 0.121. The molecule has 1 aliphatic rings. The summed E-state index contributed by atoms with van der Waals surface area (Å²) in [7, 11) is 1.52. The fraction of sp³-hybridized carbons (Fsp3) is 0.579. The molecule has 0 radical (unpaired) electrons. The standard InChI is InChI=1S/C19H28N2O4/c1-25-16-11-7-8-14(12-16)18(23)21-17(13-22)19(24)20-15-9-5-3-2-4-6-10-15/h7-8,11-12,15,17,22H,2-6,9-10,13H2,1H3,(H,20,24)(H,21,23)/t17-/m0/s1. The number of amides is 2. The van der Waals surface area contributed by atoms with Gasteiger partial charge in [0.15, 0.2) is 0 Å². The van der Waals surface area contributed by atoms with E-state index in [1.54, 1.807) is 24.3 Å². The minimum atomic E-state index is -0.954. The predicted octanol–water partition coefficient (Wildman–Crippen LogP) is 2.01. The van der Waals surface area contributed by atoms with Gasteiger partial charge in [0.05, 0.1) is 13.7 Å². The molecule has 25 heavy (non-hydrogen) atoms. The van der Waals surface area contributed by atoms with E-state index < -0.39 is 18.6 Å². The molecule has 2 amide bonds. The number of carbonyl (C=O) groups is 2. The summed E-state index contributed by atoms with van der Waals surface area (Å²) >= 11 is 0. The van der Waals surface area contributed by atoms with Crippen LogP contribution < -0.4 is 15.4 Å². The molecule has 138 valence electrons. The van der Waals surface area contributed by atoms with Crippen molar-refractivity contribution < 1.29 is 19.4 Å². The molecule has 1 fully saturated rings. The van der Waals surface area contributed by atoms with Crippen LogP contribution in [-0.4, -0.2) is 42.7 Å². The Morgan fingerprint density at radius 1 is 1.20 bits per heavy atom. The van der Waals surface area contributed by atoms with Gasteiger partial charge in [-0.05, 0) is 31.0 Å². The number of hydrogen-bond donors (Lipinski definition) is 3. The van der Waals surface area contributed by atoms with Crippen molar-refractivity contribution in [3.8, 4) is 5.75 Å². The Labute approximate surface area is 149 Å². The van der Waals surface area contributed by atoms with Crippen molar-refractivity contribution in [2.24, 2.45) is 0 Å². The Morgan fingerprint density at radius 2 is 1.88 bits per heavy atom. The van der Waals surface area contributed by atoms with E-state index >= 15 is 0 Å². The van der Waals surface area contributed by atoms with Gasteiger partial charge in [0.1, 0.15) is 11.8 Å². The highest BCUT2D eigenvalue weighted by Crippen LogP contribution is 2.17. The number of methoxy groups -OCH3 is 1. The molecule has 1 aliphatic carbocycles. The largest absolute Gasteiger partial charge is 0.497 e. The van der Waals surface area contributed by atoms with Crippen LogP contribution in [0.1, 0.15) is 55.3 Å². The first kappa shape index (κ1) is 19.2. The van der Waals surface area contributed by atoms with Crippen LogP contribution in [0.15, 0.2) is 24.3 Å². The topological polar surface area (TPSA) is 87.7 Å². The van der Waals surface area contributed by atoms with Crippen LogP contribution in [0.25, 0.3) is 0 Å². The predicted molar refractivity (Wildman–Crippen MR) is 95.6 cm³/mol. The molecule has 1 aromatic carbocycles. The number of nitrogens with one attached hydrogen (secondary N) is 2. The number of aliphatic hydroxyl groups excluding tert-OH is 1. The van der Waals surface area contributed by atoms with Gasteiger partial charge in [-0.2, -0.15) is 0 Å². The number of hydrogen-bond acceptors (Lipinski definition) is 4. The third-order valence-corrected chi connectivity index (χ3v) is 4.59. The van der Waals surface area contributed by atoms with Gasteiger partial charge < -0.3 is 20.5 Å². The molecule has 1 atom stereocenters. The van der Waals surface area contributed by atoms with Crippen molar-refractivity contribution in [2.75, 3.05) is 13.7 Å². The monoisotopic (exact) mass is 348 g/mol. The lowest BCUT2D eigenvalue weighted by molar-refractivity contribution is -0.124. The molecule has 0 heterocycles. The number of benzene rings is 1. The molecular weight excluding hydrogens is 320 g/mol. The summed E-state index contributed by atoms with van der Waals surface area (Å²) in [5, 5.41) is 15.1. The minimum Gasteiger partial charge on any atom is -0.497 e. The van der Waals surface area contributed by atoms with Gasteiger partial charge in [0.25, 0.3) is 5.91 Å². The first-order chi connectivity index (χ1) is 12.1. The second-order valence-corrected chi connectivity index (χ2v) is 6.49. The molecule has 6 heteroatoms. The van der Waals surface area contributed by atoms with Crippen LogP contribution >= 0.6 is 0 Å². The molecule has 3 N–H and O–H groups in total. The summed E-state index contributed by atoms with van der Waals surface area (Å²) in [5.41, 5.74) is 0.386. The lowest BCUT2D eigenvalue weighted by atomic mass is 9.96. The molecule has 0 saturated heterocycles. The Kier molecular flexibility index (Phi) is 7.73. The van der Waals surface area contributed by atoms with E-state index in [0.29, 0.717) is 11.3 Å². The SMILES string of the molecule is COc1cccc(C(=O)N[C@@H](CO)C(=O)NC2CCCCCCC2)c1. The van der Waals surface area contributed by atoms with Gasteiger partial charge in [-0.15, -0.1) is 0 Å². The van der Waals surface area contributed by atoms with Crippen molar-refractivity contribution in [1.29, 1.82) is 0 Å². The Bertz CT molecular complexity index is 568. The molecule has 1 aromatic rings. The molecule has 1 saturated carbocycles. The molecule has 2 rings (SSSR count). The maximum absolute atomic E-state index is 12.4. The van der Waals surface area contributed by atoms with Gasteiger partial charge in [-0.1, -0.05) is 38.2 Å². The third-order valence-electron chi connectivity index (χ3n) is 4.59. The molecule has 0 spiro atoms. The molecule has 0 aromatic heterocycles. The summed E-state index contributed by atoms with van der Waals surface area (Å²) in [6.07, 6.45) is 7.76. The zero-order valence-electron chi connectivity index (χ0n) is 14.8.